The Labute approximate surface area is 137 Å². The lowest BCUT2D eigenvalue weighted by molar-refractivity contribution is -0.181. The molecule has 1 fully saturated rings. The molecule has 8 nitrogen and oxygen atoms in total. The van der Waals surface area contributed by atoms with Gasteiger partial charge in [0.15, 0.2) is 17.8 Å². The highest BCUT2D eigenvalue weighted by Crippen LogP contribution is 2.30. The van der Waals surface area contributed by atoms with E-state index in [0.717, 1.165) is 6.08 Å². The lowest BCUT2D eigenvalue weighted by Gasteiger charge is -2.38. The number of carbonyl (C=O) groups is 2. The first-order valence-electron chi connectivity index (χ1n) is 7.19. The van der Waals surface area contributed by atoms with Crippen LogP contribution in [-0.2, 0) is 14.3 Å². The number of aliphatic hydroxyl groups is 3. The zero-order chi connectivity index (χ0) is 17.9. The molecule has 0 unspecified atom stereocenters. The Hall–Kier alpha value is -2.42. The van der Waals surface area contributed by atoms with Gasteiger partial charge in [-0.05, 0) is 23.8 Å². The molecule has 4 atom stereocenters. The van der Waals surface area contributed by atoms with Crippen LogP contribution in [0.5, 0.6) is 11.5 Å². The van der Waals surface area contributed by atoms with E-state index in [0.29, 0.717) is 5.56 Å². The van der Waals surface area contributed by atoms with Crippen LogP contribution < -0.4 is 0 Å². The molecule has 1 aromatic rings. The minimum Gasteiger partial charge on any atom is -0.504 e. The summed E-state index contributed by atoms with van der Waals surface area (Å²) in [5.74, 6) is -1.52. The number of phenolic OH excluding ortho intramolecular Hbond substituents is 2. The average molecular weight is 338 g/mol. The quantitative estimate of drug-likeness (QED) is 0.213. The van der Waals surface area contributed by atoms with Crippen LogP contribution >= 0.6 is 0 Å². The molecule has 0 aromatic heterocycles. The van der Waals surface area contributed by atoms with E-state index >= 15 is 0 Å². The molecule has 0 aliphatic heterocycles. The van der Waals surface area contributed by atoms with Crippen molar-refractivity contribution in [3.8, 4) is 11.5 Å². The molecule has 0 saturated heterocycles. The van der Waals surface area contributed by atoms with E-state index in [1.807, 2.05) is 0 Å². The number of ether oxygens (including phenoxy) is 1. The number of phenols is 2. The Morgan fingerprint density at radius 1 is 1.21 bits per heavy atom. The molecule has 0 bridgehead atoms. The fourth-order valence-electron chi connectivity index (χ4n) is 2.49. The highest BCUT2D eigenvalue weighted by Gasteiger charge is 2.45. The molecule has 0 amide bonds. The van der Waals surface area contributed by atoms with Crippen molar-refractivity contribution in [1.29, 1.82) is 0 Å². The van der Waals surface area contributed by atoms with Gasteiger partial charge in [0, 0.05) is 18.9 Å². The molecule has 1 aromatic carbocycles. The van der Waals surface area contributed by atoms with Crippen molar-refractivity contribution in [2.75, 3.05) is 0 Å². The Balaban J connectivity index is 2.03. The number of aldehydes is 1. The summed E-state index contributed by atoms with van der Waals surface area (Å²) in [7, 11) is 0. The van der Waals surface area contributed by atoms with Crippen molar-refractivity contribution in [2.45, 2.75) is 36.8 Å². The topological polar surface area (TPSA) is 145 Å². The number of hydrogen-bond acceptors (Lipinski definition) is 8. The molecular formula is C16H18O8. The first-order valence-corrected chi connectivity index (χ1v) is 7.19. The van der Waals surface area contributed by atoms with Gasteiger partial charge in [0.1, 0.15) is 17.8 Å². The van der Waals surface area contributed by atoms with Gasteiger partial charge in [-0.25, -0.2) is 4.79 Å². The molecule has 0 radical (unpaired) electrons. The van der Waals surface area contributed by atoms with Gasteiger partial charge in [0.05, 0.1) is 6.10 Å². The third-order valence-electron chi connectivity index (χ3n) is 3.79. The average Bonchev–Trinajstić information content (AvgIpc) is 2.53. The molecule has 0 heterocycles. The first kappa shape index (κ1) is 17.9. The zero-order valence-corrected chi connectivity index (χ0v) is 12.6. The Morgan fingerprint density at radius 2 is 1.92 bits per heavy atom. The highest BCUT2D eigenvalue weighted by molar-refractivity contribution is 5.87. The van der Waals surface area contributed by atoms with Crippen molar-refractivity contribution < 1.29 is 39.9 Å². The molecule has 24 heavy (non-hydrogen) atoms. The summed E-state index contributed by atoms with van der Waals surface area (Å²) in [6.45, 7) is 0. The van der Waals surface area contributed by atoms with Gasteiger partial charge in [-0.1, -0.05) is 6.07 Å². The lowest BCUT2D eigenvalue weighted by Crippen LogP contribution is -2.54. The summed E-state index contributed by atoms with van der Waals surface area (Å²) in [5, 5.41) is 48.0. The van der Waals surface area contributed by atoms with Gasteiger partial charge in [-0.15, -0.1) is 0 Å². The minimum atomic E-state index is -1.87. The van der Waals surface area contributed by atoms with E-state index in [1.54, 1.807) is 0 Å². The standard InChI is InChI=1S/C16H18O8/c17-8-16(23)6-12(20)15(22)13(7-16)24-14(21)4-2-9-1-3-10(18)11(19)5-9/h1-5,8,12-13,15,18-20,22-23H,6-7H2/t12-,13-,15-,16+/m1/s1. The number of esters is 1. The van der Waals surface area contributed by atoms with Gasteiger partial charge < -0.3 is 35.1 Å². The van der Waals surface area contributed by atoms with Gasteiger partial charge in [-0.2, -0.15) is 0 Å². The van der Waals surface area contributed by atoms with Crippen LogP contribution in [-0.4, -0.2) is 61.7 Å². The van der Waals surface area contributed by atoms with E-state index in [2.05, 4.69) is 0 Å². The number of rotatable bonds is 4. The SMILES string of the molecule is O=C[C@]1(O)C[C@@H](O)[C@@H](O)[C@H](OC(=O)C=Cc2ccc(O)c(O)c2)C1. The molecule has 1 saturated carbocycles. The van der Waals surface area contributed by atoms with Gasteiger partial charge in [0.25, 0.3) is 0 Å². The summed E-state index contributed by atoms with van der Waals surface area (Å²) >= 11 is 0. The second-order valence-corrected chi connectivity index (χ2v) is 5.74. The highest BCUT2D eigenvalue weighted by atomic mass is 16.6. The summed E-state index contributed by atoms with van der Waals surface area (Å²) in [5.41, 5.74) is -1.45. The van der Waals surface area contributed by atoms with Crippen LogP contribution in [0.4, 0.5) is 0 Å². The second-order valence-electron chi connectivity index (χ2n) is 5.74. The van der Waals surface area contributed by atoms with Crippen molar-refractivity contribution in [3.63, 3.8) is 0 Å². The van der Waals surface area contributed by atoms with Crippen LogP contribution in [0.3, 0.4) is 0 Å². The third-order valence-corrected chi connectivity index (χ3v) is 3.79. The first-order chi connectivity index (χ1) is 11.2. The zero-order valence-electron chi connectivity index (χ0n) is 12.6. The molecule has 2 rings (SSSR count). The normalized spacial score (nSPS) is 30.2. The minimum absolute atomic E-state index is 0.248. The number of hydrogen-bond donors (Lipinski definition) is 5. The van der Waals surface area contributed by atoms with E-state index in [1.165, 1.54) is 24.3 Å². The molecule has 8 heteroatoms. The number of aromatic hydroxyl groups is 2. The van der Waals surface area contributed by atoms with Crippen LogP contribution in [0.15, 0.2) is 24.3 Å². The summed E-state index contributed by atoms with van der Waals surface area (Å²) < 4.78 is 4.98. The largest absolute Gasteiger partial charge is 0.504 e. The third kappa shape index (κ3) is 4.10. The fourth-order valence-corrected chi connectivity index (χ4v) is 2.49. The Kier molecular flexibility index (Phi) is 5.23. The van der Waals surface area contributed by atoms with Gasteiger partial charge in [0.2, 0.25) is 0 Å². The van der Waals surface area contributed by atoms with Crippen molar-refractivity contribution in [1.82, 2.24) is 0 Å². The molecule has 5 N–H and O–H groups in total. The van der Waals surface area contributed by atoms with Crippen molar-refractivity contribution in [3.05, 3.63) is 29.8 Å². The number of aliphatic hydroxyl groups excluding tert-OH is 2. The van der Waals surface area contributed by atoms with Gasteiger partial charge in [-0.3, -0.25) is 0 Å². The predicted molar refractivity (Wildman–Crippen MR) is 80.9 cm³/mol. The van der Waals surface area contributed by atoms with Crippen LogP contribution in [0.1, 0.15) is 18.4 Å². The lowest BCUT2D eigenvalue weighted by atomic mass is 9.80. The van der Waals surface area contributed by atoms with Gasteiger partial charge >= 0.3 is 5.97 Å². The predicted octanol–water partition coefficient (Wildman–Crippen LogP) is -0.532. The van der Waals surface area contributed by atoms with E-state index in [9.17, 15) is 35.1 Å². The Bertz CT molecular complexity index is 655. The van der Waals surface area contributed by atoms with E-state index < -0.39 is 29.9 Å². The smallest absolute Gasteiger partial charge is 0.331 e. The number of benzene rings is 1. The summed E-state index contributed by atoms with van der Waals surface area (Å²) in [4.78, 5) is 22.7. The molecule has 130 valence electrons. The Morgan fingerprint density at radius 3 is 2.54 bits per heavy atom. The summed E-state index contributed by atoms with van der Waals surface area (Å²) in [6.07, 6.45) is -2.15. The second kappa shape index (κ2) is 7.00. The van der Waals surface area contributed by atoms with Crippen LogP contribution in [0.25, 0.3) is 6.08 Å². The van der Waals surface area contributed by atoms with E-state index in [4.69, 9.17) is 4.74 Å². The summed E-state index contributed by atoms with van der Waals surface area (Å²) in [6, 6.07) is 3.92. The molecule has 0 spiro atoms. The maximum atomic E-state index is 11.8. The maximum absolute atomic E-state index is 11.8. The molecule has 1 aliphatic rings. The maximum Gasteiger partial charge on any atom is 0.331 e. The molecular weight excluding hydrogens is 320 g/mol. The van der Waals surface area contributed by atoms with Crippen molar-refractivity contribution >= 4 is 18.3 Å². The van der Waals surface area contributed by atoms with Crippen molar-refractivity contribution in [2.24, 2.45) is 0 Å². The monoisotopic (exact) mass is 338 g/mol. The van der Waals surface area contributed by atoms with Crippen LogP contribution in [0, 0.1) is 0 Å². The van der Waals surface area contributed by atoms with E-state index in [-0.39, 0.29) is 30.6 Å². The number of carbonyl (C=O) groups excluding carboxylic acids is 2. The van der Waals surface area contributed by atoms with Crippen LogP contribution in [0.2, 0.25) is 0 Å². The fraction of sp³-hybridized carbons (Fsp3) is 0.375. The molecule has 1 aliphatic carbocycles.